The number of para-hydroxylation sites is 1. The summed E-state index contributed by atoms with van der Waals surface area (Å²) in [5.74, 6) is 1.08. The fourth-order valence-corrected chi connectivity index (χ4v) is 3.88. The summed E-state index contributed by atoms with van der Waals surface area (Å²) < 4.78 is 21.8. The average molecular weight is 440 g/mol. The molecule has 0 radical (unpaired) electrons. The minimum Gasteiger partial charge on any atom is -0.438 e. The predicted octanol–water partition coefficient (Wildman–Crippen LogP) is 5.73. The largest absolute Gasteiger partial charge is 0.438 e. The second-order valence-electron chi connectivity index (χ2n) is 8.71. The molecule has 5 nitrogen and oxygen atoms in total. The maximum absolute atomic E-state index is 13.8. The number of benzene rings is 2. The van der Waals surface area contributed by atoms with Gasteiger partial charge in [-0.15, -0.1) is 0 Å². The van der Waals surface area contributed by atoms with Crippen molar-refractivity contribution in [2.75, 3.05) is 13.1 Å². The molecule has 3 rings (SSSR count). The molecular weight excluding hydrogens is 405 g/mol. The van der Waals surface area contributed by atoms with E-state index >= 15 is 0 Å². The summed E-state index contributed by atoms with van der Waals surface area (Å²) in [6, 6.07) is 15.9. The SMILES string of the molecule is CCC[C@@H](O)CN(Cc1c(C)nn(-c2ccccc2)c1Oc1cccc(F)c1)CC(C)C. The summed E-state index contributed by atoms with van der Waals surface area (Å²) in [5.41, 5.74) is 2.65. The highest BCUT2D eigenvalue weighted by Crippen LogP contribution is 2.32. The van der Waals surface area contributed by atoms with E-state index in [9.17, 15) is 9.50 Å². The molecule has 0 unspecified atom stereocenters. The van der Waals surface area contributed by atoms with Crippen LogP contribution in [0.2, 0.25) is 0 Å². The first-order valence-corrected chi connectivity index (χ1v) is 11.3. The van der Waals surface area contributed by atoms with E-state index in [1.54, 1.807) is 16.8 Å². The molecule has 2 aromatic carbocycles. The van der Waals surface area contributed by atoms with Crippen molar-refractivity contribution in [1.82, 2.24) is 14.7 Å². The fraction of sp³-hybridized carbons (Fsp3) is 0.423. The Hall–Kier alpha value is -2.70. The highest BCUT2D eigenvalue weighted by atomic mass is 19.1. The van der Waals surface area contributed by atoms with E-state index in [1.165, 1.54) is 12.1 Å². The zero-order valence-corrected chi connectivity index (χ0v) is 19.5. The van der Waals surface area contributed by atoms with Crippen molar-refractivity contribution in [3.05, 3.63) is 71.7 Å². The number of aliphatic hydroxyl groups is 1. The van der Waals surface area contributed by atoms with Crippen LogP contribution in [-0.2, 0) is 6.54 Å². The number of hydrogen-bond donors (Lipinski definition) is 1. The van der Waals surface area contributed by atoms with Crippen LogP contribution >= 0.6 is 0 Å². The quantitative estimate of drug-likeness (QED) is 0.414. The lowest BCUT2D eigenvalue weighted by molar-refractivity contribution is 0.0939. The van der Waals surface area contributed by atoms with Crippen LogP contribution in [0, 0.1) is 18.7 Å². The Bertz CT molecular complexity index is 988. The number of aliphatic hydroxyl groups excluding tert-OH is 1. The second-order valence-corrected chi connectivity index (χ2v) is 8.71. The molecule has 0 aliphatic carbocycles. The van der Waals surface area contributed by atoms with E-state index in [0.717, 1.165) is 36.3 Å². The predicted molar refractivity (Wildman–Crippen MR) is 126 cm³/mol. The number of aryl methyl sites for hydroxylation is 1. The number of ether oxygens (including phenoxy) is 1. The molecule has 0 bridgehead atoms. The van der Waals surface area contributed by atoms with Crippen LogP contribution in [0.15, 0.2) is 54.6 Å². The molecule has 0 spiro atoms. The highest BCUT2D eigenvalue weighted by Gasteiger charge is 2.23. The van der Waals surface area contributed by atoms with Gasteiger partial charge in [-0.05, 0) is 43.5 Å². The van der Waals surface area contributed by atoms with Crippen molar-refractivity contribution >= 4 is 0 Å². The minimum atomic E-state index is -0.379. The van der Waals surface area contributed by atoms with Crippen LogP contribution in [0.3, 0.4) is 0 Å². The molecule has 0 amide bonds. The average Bonchev–Trinajstić information content (AvgIpc) is 3.04. The first kappa shape index (κ1) is 24.0. The summed E-state index contributed by atoms with van der Waals surface area (Å²) in [6.45, 7) is 10.4. The Morgan fingerprint density at radius 2 is 1.84 bits per heavy atom. The molecule has 1 aromatic heterocycles. The number of aromatic nitrogens is 2. The van der Waals surface area contributed by atoms with E-state index in [1.807, 2.05) is 37.3 Å². The molecule has 3 aromatic rings. The van der Waals surface area contributed by atoms with Crippen molar-refractivity contribution in [2.24, 2.45) is 5.92 Å². The third-order valence-corrected chi connectivity index (χ3v) is 5.24. The van der Waals surface area contributed by atoms with Gasteiger partial charge < -0.3 is 9.84 Å². The number of halogens is 1. The van der Waals surface area contributed by atoms with Gasteiger partial charge in [-0.25, -0.2) is 9.07 Å². The number of rotatable bonds is 11. The third kappa shape index (κ3) is 6.40. The van der Waals surface area contributed by atoms with Crippen molar-refractivity contribution in [2.45, 2.75) is 53.2 Å². The zero-order chi connectivity index (χ0) is 23.1. The topological polar surface area (TPSA) is 50.5 Å². The van der Waals surface area contributed by atoms with Crippen LogP contribution in [0.1, 0.15) is 44.9 Å². The van der Waals surface area contributed by atoms with E-state index in [4.69, 9.17) is 9.84 Å². The summed E-state index contributed by atoms with van der Waals surface area (Å²) in [7, 11) is 0. The summed E-state index contributed by atoms with van der Waals surface area (Å²) in [4.78, 5) is 2.25. The van der Waals surface area contributed by atoms with Crippen LogP contribution < -0.4 is 4.74 Å². The molecule has 0 aliphatic rings. The van der Waals surface area contributed by atoms with Gasteiger partial charge in [-0.2, -0.15) is 5.10 Å². The smallest absolute Gasteiger partial charge is 0.227 e. The normalized spacial score (nSPS) is 12.5. The molecule has 1 N–H and O–H groups in total. The fourth-order valence-electron chi connectivity index (χ4n) is 3.88. The van der Waals surface area contributed by atoms with Gasteiger partial charge in [0.15, 0.2) is 0 Å². The lowest BCUT2D eigenvalue weighted by atomic mass is 10.1. The maximum Gasteiger partial charge on any atom is 0.227 e. The van der Waals surface area contributed by atoms with Gasteiger partial charge in [0, 0.05) is 25.7 Å². The maximum atomic E-state index is 13.8. The molecule has 6 heteroatoms. The Labute approximate surface area is 190 Å². The van der Waals surface area contributed by atoms with Crippen molar-refractivity contribution < 1.29 is 14.2 Å². The van der Waals surface area contributed by atoms with Gasteiger partial charge >= 0.3 is 0 Å². The van der Waals surface area contributed by atoms with Crippen molar-refractivity contribution in [3.63, 3.8) is 0 Å². The van der Waals surface area contributed by atoms with Crippen LogP contribution in [-0.4, -0.2) is 39.0 Å². The molecule has 172 valence electrons. The van der Waals surface area contributed by atoms with Crippen molar-refractivity contribution in [3.8, 4) is 17.3 Å². The minimum absolute atomic E-state index is 0.351. The molecule has 1 atom stereocenters. The van der Waals surface area contributed by atoms with Crippen LogP contribution in [0.25, 0.3) is 5.69 Å². The summed E-state index contributed by atoms with van der Waals surface area (Å²) in [6.07, 6.45) is 1.33. The van der Waals surface area contributed by atoms with Crippen molar-refractivity contribution in [1.29, 1.82) is 0 Å². The van der Waals surface area contributed by atoms with Crippen LogP contribution in [0.4, 0.5) is 4.39 Å². The van der Waals surface area contributed by atoms with E-state index < -0.39 is 0 Å². The first-order valence-electron chi connectivity index (χ1n) is 11.3. The van der Waals surface area contributed by atoms with Gasteiger partial charge in [-0.3, -0.25) is 4.90 Å². The molecule has 0 fully saturated rings. The standard InChI is InChI=1S/C26H34FN3O2/c1-5-10-23(31)17-29(16-19(2)3)18-25-20(4)28-30(22-12-7-6-8-13-22)26(25)32-24-14-9-11-21(27)15-24/h6-9,11-15,19,23,31H,5,10,16-18H2,1-4H3/t23-/m1/s1. The van der Waals surface area contributed by atoms with E-state index in [0.29, 0.717) is 30.6 Å². The molecule has 0 saturated carbocycles. The molecule has 32 heavy (non-hydrogen) atoms. The first-order chi connectivity index (χ1) is 15.4. The monoisotopic (exact) mass is 439 g/mol. The Kier molecular flexibility index (Phi) is 8.42. The van der Waals surface area contributed by atoms with Gasteiger partial charge in [0.1, 0.15) is 11.6 Å². The van der Waals surface area contributed by atoms with Gasteiger partial charge in [0.2, 0.25) is 5.88 Å². The third-order valence-electron chi connectivity index (χ3n) is 5.24. The molecule has 1 heterocycles. The molecule has 0 aliphatic heterocycles. The van der Waals surface area contributed by atoms with E-state index in [-0.39, 0.29) is 11.9 Å². The zero-order valence-electron chi connectivity index (χ0n) is 19.5. The number of hydrogen-bond acceptors (Lipinski definition) is 4. The highest BCUT2D eigenvalue weighted by molar-refractivity contribution is 5.43. The second kappa shape index (κ2) is 11.2. The van der Waals surface area contributed by atoms with Crippen LogP contribution in [0.5, 0.6) is 11.6 Å². The van der Waals surface area contributed by atoms with E-state index in [2.05, 4.69) is 25.7 Å². The molecular formula is C26H34FN3O2. The Morgan fingerprint density at radius 1 is 1.09 bits per heavy atom. The number of nitrogens with zero attached hydrogens (tertiary/aromatic N) is 3. The lowest BCUT2D eigenvalue weighted by Gasteiger charge is -2.27. The molecule has 0 saturated heterocycles. The van der Waals surface area contributed by atoms with Gasteiger partial charge in [-0.1, -0.05) is 51.5 Å². The van der Waals surface area contributed by atoms with Gasteiger partial charge in [0.05, 0.1) is 23.0 Å². The summed E-state index contributed by atoms with van der Waals surface area (Å²) in [5, 5.41) is 15.2. The Balaban J connectivity index is 2.00. The lowest BCUT2D eigenvalue weighted by Crippen LogP contribution is -2.35. The summed E-state index contributed by atoms with van der Waals surface area (Å²) >= 11 is 0. The van der Waals surface area contributed by atoms with Gasteiger partial charge in [0.25, 0.3) is 0 Å². The Morgan fingerprint density at radius 3 is 2.50 bits per heavy atom.